The zero-order valence-corrected chi connectivity index (χ0v) is 9.45. The quantitative estimate of drug-likeness (QED) is 0.664. The second kappa shape index (κ2) is 4.63. The van der Waals surface area contributed by atoms with E-state index in [-0.39, 0.29) is 0 Å². The van der Waals surface area contributed by atoms with E-state index in [4.69, 9.17) is 0 Å². The molecule has 0 N–H and O–H groups in total. The number of piperidine rings is 1. The van der Waals surface area contributed by atoms with E-state index >= 15 is 0 Å². The topological polar surface area (TPSA) is 3.24 Å². The van der Waals surface area contributed by atoms with Crippen LogP contribution in [0, 0.1) is 0 Å². The number of likely N-dealkylation sites (tertiary alicyclic amines) is 1. The van der Waals surface area contributed by atoms with E-state index in [9.17, 15) is 0 Å². The molecule has 0 unspecified atom stereocenters. The Morgan fingerprint density at radius 3 is 2.73 bits per heavy atom. The van der Waals surface area contributed by atoms with Crippen molar-refractivity contribution in [3.8, 4) is 0 Å². The van der Waals surface area contributed by atoms with Gasteiger partial charge >= 0.3 is 0 Å². The zero-order valence-electron chi connectivity index (χ0n) is 9.45. The third-order valence-corrected chi connectivity index (χ3v) is 3.19. The molecule has 1 nitrogen and oxygen atoms in total. The molecule has 1 fully saturated rings. The second-order valence-electron chi connectivity index (χ2n) is 4.51. The van der Waals surface area contributed by atoms with Gasteiger partial charge in [0.05, 0.1) is 0 Å². The summed E-state index contributed by atoms with van der Waals surface area (Å²) in [4.78, 5) is 2.55. The van der Waals surface area contributed by atoms with Gasteiger partial charge in [-0.05, 0) is 25.3 Å². The molecule has 0 amide bonds. The molecule has 1 aromatic rings. The molecule has 1 atom stereocenters. The summed E-state index contributed by atoms with van der Waals surface area (Å²) in [5, 5.41) is 0. The predicted molar refractivity (Wildman–Crippen MR) is 64.7 cm³/mol. The van der Waals surface area contributed by atoms with Crippen LogP contribution in [0.2, 0.25) is 0 Å². The van der Waals surface area contributed by atoms with Crippen LogP contribution in [-0.4, -0.2) is 17.5 Å². The zero-order chi connectivity index (χ0) is 10.7. The van der Waals surface area contributed by atoms with Crippen molar-refractivity contribution >= 4 is 0 Å². The first-order chi connectivity index (χ1) is 7.25. The van der Waals surface area contributed by atoms with Gasteiger partial charge in [0.1, 0.15) is 0 Å². The Labute approximate surface area is 92.4 Å². The number of hydrogen-bond acceptors (Lipinski definition) is 1. The first-order valence-corrected chi connectivity index (χ1v) is 5.70. The van der Waals surface area contributed by atoms with Crippen molar-refractivity contribution in [3.05, 3.63) is 48.0 Å². The lowest BCUT2D eigenvalue weighted by atomic mass is 9.98. The van der Waals surface area contributed by atoms with Gasteiger partial charge in [-0.3, -0.25) is 4.90 Å². The van der Waals surface area contributed by atoms with Gasteiger partial charge in [0.15, 0.2) is 0 Å². The predicted octanol–water partition coefficient (Wildman–Crippen LogP) is 3.23. The van der Waals surface area contributed by atoms with Gasteiger partial charge in [-0.25, -0.2) is 0 Å². The van der Waals surface area contributed by atoms with Crippen LogP contribution in [0.4, 0.5) is 0 Å². The minimum Gasteiger partial charge on any atom is -0.296 e. The molecule has 0 aromatic heterocycles. The SMILES string of the molecule is C=C1CCN(Cc2ccccc2)[C@H](C)C1. The van der Waals surface area contributed by atoms with Crippen molar-refractivity contribution in [1.29, 1.82) is 0 Å². The Hall–Kier alpha value is -1.08. The van der Waals surface area contributed by atoms with Crippen molar-refractivity contribution < 1.29 is 0 Å². The maximum absolute atomic E-state index is 4.08. The van der Waals surface area contributed by atoms with E-state index in [2.05, 4.69) is 48.7 Å². The molecule has 80 valence electrons. The van der Waals surface area contributed by atoms with Crippen molar-refractivity contribution in [2.45, 2.75) is 32.4 Å². The third-order valence-electron chi connectivity index (χ3n) is 3.19. The fourth-order valence-corrected chi connectivity index (χ4v) is 2.22. The maximum atomic E-state index is 4.08. The Morgan fingerprint density at radius 2 is 2.07 bits per heavy atom. The average Bonchev–Trinajstić information content (AvgIpc) is 2.24. The highest BCUT2D eigenvalue weighted by molar-refractivity contribution is 5.15. The summed E-state index contributed by atoms with van der Waals surface area (Å²) in [6, 6.07) is 11.4. The lowest BCUT2D eigenvalue weighted by Crippen LogP contribution is -2.37. The molecule has 0 radical (unpaired) electrons. The Bertz CT molecular complexity index is 328. The van der Waals surface area contributed by atoms with Crippen LogP contribution in [0.3, 0.4) is 0 Å². The van der Waals surface area contributed by atoms with E-state index in [1.165, 1.54) is 11.1 Å². The lowest BCUT2D eigenvalue weighted by molar-refractivity contribution is 0.178. The summed E-state index contributed by atoms with van der Waals surface area (Å²) in [6.07, 6.45) is 2.32. The minimum atomic E-state index is 0.645. The summed E-state index contributed by atoms with van der Waals surface area (Å²) in [5.74, 6) is 0. The van der Waals surface area contributed by atoms with E-state index in [0.717, 1.165) is 25.9 Å². The first kappa shape index (κ1) is 10.4. The molecule has 0 bridgehead atoms. The number of hydrogen-bond donors (Lipinski definition) is 0. The van der Waals surface area contributed by atoms with Gasteiger partial charge in [0.2, 0.25) is 0 Å². The normalized spacial score (nSPS) is 23.0. The molecule has 0 aliphatic carbocycles. The Kier molecular flexibility index (Phi) is 3.22. The first-order valence-electron chi connectivity index (χ1n) is 5.70. The summed E-state index contributed by atoms with van der Waals surface area (Å²) in [6.45, 7) is 8.62. The number of rotatable bonds is 2. The molecular weight excluding hydrogens is 182 g/mol. The fourth-order valence-electron chi connectivity index (χ4n) is 2.22. The highest BCUT2D eigenvalue weighted by atomic mass is 15.2. The largest absolute Gasteiger partial charge is 0.296 e. The van der Waals surface area contributed by atoms with E-state index in [0.29, 0.717) is 6.04 Å². The second-order valence-corrected chi connectivity index (χ2v) is 4.51. The van der Waals surface area contributed by atoms with E-state index in [1.54, 1.807) is 0 Å². The van der Waals surface area contributed by atoms with Gasteiger partial charge in [-0.15, -0.1) is 0 Å². The van der Waals surface area contributed by atoms with E-state index in [1.807, 2.05) is 0 Å². The van der Waals surface area contributed by atoms with Gasteiger partial charge in [0.25, 0.3) is 0 Å². The van der Waals surface area contributed by atoms with Gasteiger partial charge in [0, 0.05) is 19.1 Å². The summed E-state index contributed by atoms with van der Waals surface area (Å²) in [7, 11) is 0. The molecule has 1 heterocycles. The highest BCUT2D eigenvalue weighted by Gasteiger charge is 2.19. The van der Waals surface area contributed by atoms with Gasteiger partial charge in [-0.1, -0.05) is 42.5 Å². The van der Waals surface area contributed by atoms with Crippen molar-refractivity contribution in [3.63, 3.8) is 0 Å². The molecule has 15 heavy (non-hydrogen) atoms. The molecule has 1 heteroatoms. The number of nitrogens with zero attached hydrogens (tertiary/aromatic N) is 1. The lowest BCUT2D eigenvalue weighted by Gasteiger charge is -2.34. The van der Waals surface area contributed by atoms with Crippen LogP contribution in [0.1, 0.15) is 25.3 Å². The molecule has 1 aromatic carbocycles. The van der Waals surface area contributed by atoms with Crippen LogP contribution in [0.5, 0.6) is 0 Å². The van der Waals surface area contributed by atoms with Gasteiger partial charge in [-0.2, -0.15) is 0 Å². The number of benzene rings is 1. The van der Waals surface area contributed by atoms with Crippen molar-refractivity contribution in [1.82, 2.24) is 4.90 Å². The van der Waals surface area contributed by atoms with Crippen LogP contribution in [-0.2, 0) is 6.54 Å². The smallest absolute Gasteiger partial charge is 0.0236 e. The molecule has 0 saturated carbocycles. The highest BCUT2D eigenvalue weighted by Crippen LogP contribution is 2.22. The Morgan fingerprint density at radius 1 is 1.33 bits per heavy atom. The average molecular weight is 201 g/mol. The minimum absolute atomic E-state index is 0.645. The van der Waals surface area contributed by atoms with Crippen molar-refractivity contribution in [2.75, 3.05) is 6.54 Å². The van der Waals surface area contributed by atoms with Crippen LogP contribution >= 0.6 is 0 Å². The van der Waals surface area contributed by atoms with Crippen LogP contribution in [0.15, 0.2) is 42.5 Å². The Balaban J connectivity index is 1.98. The maximum Gasteiger partial charge on any atom is 0.0236 e. The molecule has 1 saturated heterocycles. The van der Waals surface area contributed by atoms with Crippen molar-refractivity contribution in [2.24, 2.45) is 0 Å². The van der Waals surface area contributed by atoms with E-state index < -0.39 is 0 Å². The molecule has 1 aliphatic heterocycles. The molecule has 1 aliphatic rings. The van der Waals surface area contributed by atoms with Gasteiger partial charge < -0.3 is 0 Å². The monoisotopic (exact) mass is 201 g/mol. The molecule has 2 rings (SSSR count). The third kappa shape index (κ3) is 2.69. The molecular formula is C14H19N. The molecule has 0 spiro atoms. The standard InChI is InChI=1S/C14H19N/c1-12-8-9-15(13(2)10-12)11-14-6-4-3-5-7-14/h3-7,13H,1,8-11H2,2H3/t13-/m1/s1. The van der Waals surface area contributed by atoms with Crippen LogP contribution in [0.25, 0.3) is 0 Å². The summed E-state index contributed by atoms with van der Waals surface area (Å²) in [5.41, 5.74) is 2.82. The fraction of sp³-hybridized carbons (Fsp3) is 0.429. The summed E-state index contributed by atoms with van der Waals surface area (Å²) >= 11 is 0. The summed E-state index contributed by atoms with van der Waals surface area (Å²) < 4.78 is 0. The van der Waals surface area contributed by atoms with Crippen LogP contribution < -0.4 is 0 Å².